The summed E-state index contributed by atoms with van der Waals surface area (Å²) in [4.78, 5) is 0. The first kappa shape index (κ1) is 12.5. The number of halogens is 1. The van der Waals surface area contributed by atoms with Crippen molar-refractivity contribution in [2.75, 3.05) is 13.2 Å². The van der Waals surface area contributed by atoms with Crippen molar-refractivity contribution in [3.05, 3.63) is 34.9 Å². The zero-order valence-electron chi connectivity index (χ0n) is 9.26. The minimum absolute atomic E-state index is 0.0962. The second-order valence-corrected chi connectivity index (χ2v) is 4.07. The summed E-state index contributed by atoms with van der Waals surface area (Å²) in [5.41, 5.74) is 0.748. The molecular weight excluding hydrogens is 210 g/mol. The summed E-state index contributed by atoms with van der Waals surface area (Å²) in [6, 6.07) is 7.64. The molecule has 0 amide bonds. The zero-order chi connectivity index (χ0) is 11.3. The van der Waals surface area contributed by atoms with Gasteiger partial charge in [0, 0.05) is 5.02 Å². The molecule has 0 aromatic heterocycles. The number of rotatable bonds is 5. The zero-order valence-corrected chi connectivity index (χ0v) is 10.0. The van der Waals surface area contributed by atoms with Crippen molar-refractivity contribution in [3.8, 4) is 0 Å². The molecule has 1 aromatic carbocycles. The molecule has 2 nitrogen and oxygen atoms in total. The van der Waals surface area contributed by atoms with Gasteiger partial charge in [-0.1, -0.05) is 37.6 Å². The lowest BCUT2D eigenvalue weighted by atomic mass is 9.88. The Labute approximate surface area is 96.3 Å². The van der Waals surface area contributed by atoms with Crippen molar-refractivity contribution in [1.82, 2.24) is 5.32 Å². The Kier molecular flexibility index (Phi) is 4.58. The van der Waals surface area contributed by atoms with Crippen molar-refractivity contribution in [1.29, 1.82) is 0 Å². The summed E-state index contributed by atoms with van der Waals surface area (Å²) < 4.78 is 0. The third-order valence-corrected chi connectivity index (χ3v) is 3.04. The van der Waals surface area contributed by atoms with Gasteiger partial charge < -0.3 is 10.4 Å². The molecule has 0 fully saturated rings. The highest BCUT2D eigenvalue weighted by Crippen LogP contribution is 2.25. The lowest BCUT2D eigenvalue weighted by Gasteiger charge is -2.32. The molecule has 0 radical (unpaired) electrons. The van der Waals surface area contributed by atoms with Crippen LogP contribution in [-0.4, -0.2) is 18.3 Å². The van der Waals surface area contributed by atoms with Gasteiger partial charge in [-0.3, -0.25) is 0 Å². The molecule has 1 unspecified atom stereocenters. The molecular formula is C12H18ClNO. The normalized spacial score (nSPS) is 14.9. The van der Waals surface area contributed by atoms with Crippen LogP contribution in [0.2, 0.25) is 5.02 Å². The molecule has 0 saturated carbocycles. The molecule has 84 valence electrons. The minimum Gasteiger partial charge on any atom is -0.394 e. The van der Waals surface area contributed by atoms with Gasteiger partial charge in [-0.25, -0.2) is 0 Å². The van der Waals surface area contributed by atoms with E-state index < -0.39 is 0 Å². The Morgan fingerprint density at radius 2 is 1.87 bits per heavy atom. The summed E-state index contributed by atoms with van der Waals surface area (Å²) >= 11 is 5.84. The summed E-state index contributed by atoms with van der Waals surface area (Å²) in [6.07, 6.45) is 0.846. The van der Waals surface area contributed by atoms with Crippen LogP contribution < -0.4 is 5.32 Å². The maximum atomic E-state index is 9.53. The molecule has 0 saturated heterocycles. The maximum Gasteiger partial charge on any atom is 0.0666 e. The molecule has 3 heteroatoms. The highest BCUT2D eigenvalue weighted by molar-refractivity contribution is 6.30. The van der Waals surface area contributed by atoms with Gasteiger partial charge in [0.25, 0.3) is 0 Å². The Balaban J connectivity index is 3.02. The van der Waals surface area contributed by atoms with Crippen LogP contribution in [0.1, 0.15) is 25.8 Å². The van der Waals surface area contributed by atoms with Gasteiger partial charge in [0.15, 0.2) is 0 Å². The van der Waals surface area contributed by atoms with Crippen LogP contribution in [0.15, 0.2) is 24.3 Å². The molecule has 0 spiro atoms. The lowest BCUT2D eigenvalue weighted by molar-refractivity contribution is 0.157. The van der Waals surface area contributed by atoms with Crippen LogP contribution in [0.3, 0.4) is 0 Å². The predicted octanol–water partition coefficient (Wildman–Crippen LogP) is 2.55. The molecule has 0 aliphatic carbocycles. The molecule has 2 N–H and O–H groups in total. The van der Waals surface area contributed by atoms with E-state index in [1.165, 1.54) is 0 Å². The Hall–Kier alpha value is -0.570. The number of hydrogen-bond donors (Lipinski definition) is 2. The van der Waals surface area contributed by atoms with Crippen LogP contribution in [0, 0.1) is 0 Å². The van der Waals surface area contributed by atoms with Gasteiger partial charge in [-0.2, -0.15) is 0 Å². The van der Waals surface area contributed by atoms with Gasteiger partial charge in [-0.15, -0.1) is 0 Å². The summed E-state index contributed by atoms with van der Waals surface area (Å²) in [5, 5.41) is 13.6. The van der Waals surface area contributed by atoms with Crippen LogP contribution in [0.4, 0.5) is 0 Å². The number of aliphatic hydroxyl groups excluding tert-OH is 1. The Bertz CT molecular complexity index is 293. The quantitative estimate of drug-likeness (QED) is 0.811. The second kappa shape index (κ2) is 5.50. The highest BCUT2D eigenvalue weighted by Gasteiger charge is 2.27. The minimum atomic E-state index is -0.334. The van der Waals surface area contributed by atoms with E-state index in [1.807, 2.05) is 31.2 Å². The molecule has 0 bridgehead atoms. The van der Waals surface area contributed by atoms with Crippen molar-refractivity contribution >= 4 is 11.6 Å². The number of hydrogen-bond acceptors (Lipinski definition) is 2. The molecule has 1 atom stereocenters. The van der Waals surface area contributed by atoms with E-state index >= 15 is 0 Å². The van der Waals surface area contributed by atoms with E-state index in [0.717, 1.165) is 23.6 Å². The molecule has 15 heavy (non-hydrogen) atoms. The highest BCUT2D eigenvalue weighted by atomic mass is 35.5. The van der Waals surface area contributed by atoms with Gasteiger partial charge in [0.2, 0.25) is 0 Å². The first-order chi connectivity index (χ1) is 7.18. The average molecular weight is 228 g/mol. The standard InChI is InChI=1S/C12H18ClNO/c1-3-12(9-15,14-4-2)10-5-7-11(13)8-6-10/h5-8,14-15H,3-4,9H2,1-2H3. The first-order valence-corrected chi connectivity index (χ1v) is 5.68. The van der Waals surface area contributed by atoms with Crippen LogP contribution >= 0.6 is 11.6 Å². The van der Waals surface area contributed by atoms with E-state index in [1.54, 1.807) is 0 Å². The van der Waals surface area contributed by atoms with Crippen molar-refractivity contribution < 1.29 is 5.11 Å². The van der Waals surface area contributed by atoms with Crippen LogP contribution in [-0.2, 0) is 5.54 Å². The van der Waals surface area contributed by atoms with Gasteiger partial charge in [-0.05, 0) is 30.7 Å². The third-order valence-electron chi connectivity index (χ3n) is 2.79. The van der Waals surface area contributed by atoms with Gasteiger partial charge in [0.05, 0.1) is 12.1 Å². The van der Waals surface area contributed by atoms with Gasteiger partial charge >= 0.3 is 0 Å². The van der Waals surface area contributed by atoms with Crippen LogP contribution in [0.25, 0.3) is 0 Å². The molecule has 1 aromatic rings. The van der Waals surface area contributed by atoms with Crippen LogP contribution in [0.5, 0.6) is 0 Å². The lowest BCUT2D eigenvalue weighted by Crippen LogP contribution is -2.45. The summed E-state index contributed by atoms with van der Waals surface area (Å²) in [5.74, 6) is 0. The van der Waals surface area contributed by atoms with E-state index in [-0.39, 0.29) is 12.1 Å². The smallest absolute Gasteiger partial charge is 0.0666 e. The van der Waals surface area contributed by atoms with Crippen molar-refractivity contribution in [2.24, 2.45) is 0 Å². The monoisotopic (exact) mass is 227 g/mol. The number of nitrogens with one attached hydrogen (secondary N) is 1. The predicted molar refractivity (Wildman–Crippen MR) is 64.2 cm³/mol. The Morgan fingerprint density at radius 1 is 1.27 bits per heavy atom. The van der Waals surface area contributed by atoms with E-state index in [2.05, 4.69) is 12.2 Å². The molecule has 0 heterocycles. The largest absolute Gasteiger partial charge is 0.394 e. The third kappa shape index (κ3) is 2.71. The fourth-order valence-corrected chi connectivity index (χ4v) is 1.92. The van der Waals surface area contributed by atoms with Crippen molar-refractivity contribution in [2.45, 2.75) is 25.8 Å². The topological polar surface area (TPSA) is 32.3 Å². The first-order valence-electron chi connectivity index (χ1n) is 5.30. The number of likely N-dealkylation sites (N-methyl/N-ethyl adjacent to an activating group) is 1. The molecule has 1 rings (SSSR count). The average Bonchev–Trinajstić information content (AvgIpc) is 2.27. The maximum absolute atomic E-state index is 9.53. The number of benzene rings is 1. The fraction of sp³-hybridized carbons (Fsp3) is 0.500. The Morgan fingerprint density at radius 3 is 2.27 bits per heavy atom. The van der Waals surface area contributed by atoms with E-state index in [0.29, 0.717) is 0 Å². The second-order valence-electron chi connectivity index (χ2n) is 3.63. The van der Waals surface area contributed by atoms with E-state index in [9.17, 15) is 5.11 Å². The number of aliphatic hydroxyl groups is 1. The molecule has 0 aliphatic heterocycles. The SMILES string of the molecule is CCNC(CC)(CO)c1ccc(Cl)cc1. The summed E-state index contributed by atoms with van der Waals surface area (Å²) in [6.45, 7) is 5.03. The van der Waals surface area contributed by atoms with Gasteiger partial charge in [0.1, 0.15) is 0 Å². The molecule has 0 aliphatic rings. The van der Waals surface area contributed by atoms with Crippen molar-refractivity contribution in [3.63, 3.8) is 0 Å². The fourth-order valence-electron chi connectivity index (χ4n) is 1.80. The summed E-state index contributed by atoms with van der Waals surface area (Å²) in [7, 11) is 0. The van der Waals surface area contributed by atoms with E-state index in [4.69, 9.17) is 11.6 Å².